The summed E-state index contributed by atoms with van der Waals surface area (Å²) in [6, 6.07) is 6.76. The summed E-state index contributed by atoms with van der Waals surface area (Å²) in [7, 11) is 1.62. The Balaban J connectivity index is 2.50. The number of nitrogens with one attached hydrogen (secondary N) is 1. The van der Waals surface area contributed by atoms with Gasteiger partial charge >= 0.3 is 5.97 Å². The SMILES string of the molecule is CCOc1ccccc1OCCC(NC)C(=O)O. The number of carboxylic acid groups (broad SMARTS) is 1. The fourth-order valence-corrected chi connectivity index (χ4v) is 1.52. The Bertz CT molecular complexity index is 381. The smallest absolute Gasteiger partial charge is 0.320 e. The van der Waals surface area contributed by atoms with E-state index in [1.165, 1.54) is 0 Å². The Hall–Kier alpha value is -1.75. The second-order valence-electron chi connectivity index (χ2n) is 3.70. The number of likely N-dealkylation sites (N-methyl/N-ethyl adjacent to an activating group) is 1. The van der Waals surface area contributed by atoms with E-state index >= 15 is 0 Å². The van der Waals surface area contributed by atoms with Crippen molar-refractivity contribution in [1.82, 2.24) is 5.32 Å². The van der Waals surface area contributed by atoms with Crippen LogP contribution in [0.25, 0.3) is 0 Å². The molecule has 1 aromatic carbocycles. The van der Waals surface area contributed by atoms with E-state index < -0.39 is 12.0 Å². The van der Waals surface area contributed by atoms with Crippen molar-refractivity contribution in [3.63, 3.8) is 0 Å². The van der Waals surface area contributed by atoms with E-state index in [1.54, 1.807) is 13.1 Å². The lowest BCUT2D eigenvalue weighted by Gasteiger charge is -2.14. The second-order valence-corrected chi connectivity index (χ2v) is 3.70. The highest BCUT2D eigenvalue weighted by Gasteiger charge is 2.14. The molecule has 1 aromatic rings. The molecule has 0 fully saturated rings. The van der Waals surface area contributed by atoms with Gasteiger partial charge < -0.3 is 19.9 Å². The highest BCUT2D eigenvalue weighted by atomic mass is 16.5. The van der Waals surface area contributed by atoms with E-state index in [0.29, 0.717) is 31.1 Å². The highest BCUT2D eigenvalue weighted by Crippen LogP contribution is 2.26. The minimum atomic E-state index is -0.876. The molecule has 0 saturated heterocycles. The number of benzene rings is 1. The van der Waals surface area contributed by atoms with Crippen molar-refractivity contribution in [2.75, 3.05) is 20.3 Å². The molecular formula is C13H19NO4. The monoisotopic (exact) mass is 253 g/mol. The van der Waals surface area contributed by atoms with Crippen molar-refractivity contribution in [2.45, 2.75) is 19.4 Å². The lowest BCUT2D eigenvalue weighted by Crippen LogP contribution is -2.35. The summed E-state index contributed by atoms with van der Waals surface area (Å²) in [5, 5.41) is 11.6. The fraction of sp³-hybridized carbons (Fsp3) is 0.462. The maximum Gasteiger partial charge on any atom is 0.320 e. The molecule has 100 valence electrons. The van der Waals surface area contributed by atoms with Crippen LogP contribution in [0.15, 0.2) is 24.3 Å². The second kappa shape index (κ2) is 7.55. The average molecular weight is 253 g/mol. The van der Waals surface area contributed by atoms with E-state index in [4.69, 9.17) is 14.6 Å². The number of hydrogen-bond donors (Lipinski definition) is 2. The van der Waals surface area contributed by atoms with Crippen molar-refractivity contribution in [1.29, 1.82) is 0 Å². The summed E-state index contributed by atoms with van der Waals surface area (Å²) >= 11 is 0. The van der Waals surface area contributed by atoms with Gasteiger partial charge in [0.1, 0.15) is 6.04 Å². The maximum atomic E-state index is 10.8. The number of para-hydroxylation sites is 2. The Morgan fingerprint density at radius 1 is 1.33 bits per heavy atom. The van der Waals surface area contributed by atoms with Crippen LogP contribution in [0.2, 0.25) is 0 Å². The first kappa shape index (κ1) is 14.3. The molecule has 0 aromatic heterocycles. The molecule has 5 heteroatoms. The van der Waals surface area contributed by atoms with Crippen molar-refractivity contribution in [3.05, 3.63) is 24.3 Å². The first-order valence-corrected chi connectivity index (χ1v) is 5.93. The zero-order chi connectivity index (χ0) is 13.4. The highest BCUT2D eigenvalue weighted by molar-refractivity contribution is 5.73. The Morgan fingerprint density at radius 2 is 1.94 bits per heavy atom. The predicted molar refractivity (Wildman–Crippen MR) is 68.2 cm³/mol. The van der Waals surface area contributed by atoms with Crippen LogP contribution in [0.5, 0.6) is 11.5 Å². The largest absolute Gasteiger partial charge is 0.490 e. The van der Waals surface area contributed by atoms with Crippen molar-refractivity contribution in [3.8, 4) is 11.5 Å². The zero-order valence-electron chi connectivity index (χ0n) is 10.7. The summed E-state index contributed by atoms with van der Waals surface area (Å²) < 4.78 is 11.0. The standard InChI is InChI=1S/C13H19NO4/c1-3-17-11-6-4-5-7-12(11)18-9-8-10(14-2)13(15)16/h4-7,10,14H,3,8-9H2,1-2H3,(H,15,16). The molecule has 0 spiro atoms. The Kier molecular flexibility index (Phi) is 6.00. The molecule has 0 heterocycles. The normalized spacial score (nSPS) is 11.9. The topological polar surface area (TPSA) is 67.8 Å². The van der Waals surface area contributed by atoms with Gasteiger partial charge in [-0.1, -0.05) is 12.1 Å². The van der Waals surface area contributed by atoms with Crippen LogP contribution in [-0.2, 0) is 4.79 Å². The van der Waals surface area contributed by atoms with Crippen LogP contribution >= 0.6 is 0 Å². The first-order chi connectivity index (χ1) is 8.69. The molecule has 1 rings (SSSR count). The van der Waals surface area contributed by atoms with Crippen molar-refractivity contribution < 1.29 is 19.4 Å². The number of carboxylic acids is 1. The molecule has 2 N–H and O–H groups in total. The van der Waals surface area contributed by atoms with Crippen LogP contribution < -0.4 is 14.8 Å². The molecule has 1 unspecified atom stereocenters. The Morgan fingerprint density at radius 3 is 2.44 bits per heavy atom. The van der Waals surface area contributed by atoms with Crippen LogP contribution in [0, 0.1) is 0 Å². The molecule has 0 aliphatic carbocycles. The van der Waals surface area contributed by atoms with Gasteiger partial charge in [0.05, 0.1) is 13.2 Å². The van der Waals surface area contributed by atoms with Gasteiger partial charge in [0, 0.05) is 6.42 Å². The van der Waals surface area contributed by atoms with Gasteiger partial charge in [-0.3, -0.25) is 4.79 Å². The summed E-state index contributed by atoms with van der Waals surface area (Å²) in [5.74, 6) is 0.440. The first-order valence-electron chi connectivity index (χ1n) is 5.93. The molecule has 0 radical (unpaired) electrons. The third-order valence-electron chi connectivity index (χ3n) is 2.46. The predicted octanol–water partition coefficient (Wildman–Crippen LogP) is 1.53. The van der Waals surface area contributed by atoms with Crippen molar-refractivity contribution in [2.24, 2.45) is 0 Å². The molecule has 0 bridgehead atoms. The van der Waals surface area contributed by atoms with Gasteiger partial charge in [-0.15, -0.1) is 0 Å². The summed E-state index contributed by atoms with van der Waals surface area (Å²) in [6.07, 6.45) is 0.395. The summed E-state index contributed by atoms with van der Waals surface area (Å²) in [6.45, 7) is 2.79. The number of aliphatic carboxylic acids is 1. The van der Waals surface area contributed by atoms with Crippen molar-refractivity contribution >= 4 is 5.97 Å². The van der Waals surface area contributed by atoms with E-state index in [2.05, 4.69) is 5.32 Å². The Labute approximate surface area is 107 Å². The maximum absolute atomic E-state index is 10.8. The lowest BCUT2D eigenvalue weighted by molar-refractivity contribution is -0.139. The van der Waals surface area contributed by atoms with Gasteiger partial charge in [-0.05, 0) is 26.1 Å². The molecule has 0 aliphatic rings. The minimum Gasteiger partial charge on any atom is -0.490 e. The molecule has 18 heavy (non-hydrogen) atoms. The molecular weight excluding hydrogens is 234 g/mol. The van der Waals surface area contributed by atoms with E-state index in [9.17, 15) is 4.79 Å². The van der Waals surface area contributed by atoms with E-state index in [1.807, 2.05) is 25.1 Å². The average Bonchev–Trinajstić information content (AvgIpc) is 2.36. The lowest BCUT2D eigenvalue weighted by atomic mass is 10.2. The molecule has 1 atom stereocenters. The van der Waals surface area contributed by atoms with Crippen LogP contribution in [0.1, 0.15) is 13.3 Å². The van der Waals surface area contributed by atoms with Gasteiger partial charge in [-0.2, -0.15) is 0 Å². The molecule has 0 amide bonds. The molecule has 0 saturated carbocycles. The van der Waals surface area contributed by atoms with Crippen LogP contribution in [-0.4, -0.2) is 37.4 Å². The zero-order valence-corrected chi connectivity index (χ0v) is 10.7. The fourth-order valence-electron chi connectivity index (χ4n) is 1.52. The summed E-state index contributed by atoms with van der Waals surface area (Å²) in [4.78, 5) is 10.8. The third kappa shape index (κ3) is 4.25. The van der Waals surface area contributed by atoms with Crippen LogP contribution in [0.3, 0.4) is 0 Å². The number of hydrogen-bond acceptors (Lipinski definition) is 4. The molecule has 5 nitrogen and oxygen atoms in total. The van der Waals surface area contributed by atoms with Gasteiger partial charge in [0.2, 0.25) is 0 Å². The number of ether oxygens (including phenoxy) is 2. The van der Waals surface area contributed by atoms with Gasteiger partial charge in [0.25, 0.3) is 0 Å². The van der Waals surface area contributed by atoms with E-state index in [-0.39, 0.29) is 0 Å². The van der Waals surface area contributed by atoms with Gasteiger partial charge in [0.15, 0.2) is 11.5 Å². The van der Waals surface area contributed by atoms with E-state index in [0.717, 1.165) is 0 Å². The quantitative estimate of drug-likeness (QED) is 0.735. The minimum absolute atomic E-state index is 0.321. The van der Waals surface area contributed by atoms with Gasteiger partial charge in [-0.25, -0.2) is 0 Å². The number of rotatable bonds is 8. The summed E-state index contributed by atoms with van der Waals surface area (Å²) in [5.41, 5.74) is 0. The third-order valence-corrected chi connectivity index (χ3v) is 2.46. The molecule has 0 aliphatic heterocycles. The van der Waals surface area contributed by atoms with Crippen LogP contribution in [0.4, 0.5) is 0 Å². The number of carbonyl (C=O) groups is 1.